The van der Waals surface area contributed by atoms with Crippen molar-refractivity contribution in [3.63, 3.8) is 0 Å². The van der Waals surface area contributed by atoms with Gasteiger partial charge in [-0.25, -0.2) is 4.79 Å². The van der Waals surface area contributed by atoms with Crippen molar-refractivity contribution < 1.29 is 62.7 Å². The third-order valence-corrected chi connectivity index (χ3v) is 9.26. The number of aliphatic hydroxyl groups is 1. The molecule has 1 aliphatic heterocycles. The highest BCUT2D eigenvalue weighted by atomic mass is 32.2. The Bertz CT molecular complexity index is 1650. The SMILES string of the molecule is CC(=O)OC(C)(CO)C1Oc2ccc3ccc(=O)oc3c2C1OC(=O)C(C)C(C)SCC(NC(=O)CCC(N)C(=O)O)C(=O)NCC(=O)O. The number of thioether (sulfide) groups is 1. The summed E-state index contributed by atoms with van der Waals surface area (Å²) in [5.41, 5.74) is 3.31. The molecule has 0 spiro atoms. The van der Waals surface area contributed by atoms with Crippen LogP contribution in [0, 0.1) is 5.92 Å². The number of amides is 2. The van der Waals surface area contributed by atoms with Gasteiger partial charge in [-0.2, -0.15) is 11.8 Å². The standard InChI is InChI=1S/C31H39N3O14S/c1-14(15(2)49-12-19(28(41)33-11-22(38)39)34-21(37)9-7-18(32)29(42)43)30(44)47-26-24-20(8-5-17-6-10-23(40)46-25(17)24)45-27(26)31(4,13-35)48-16(3)36/h5-6,8,10,14-15,18-19,26-27,35H,7,9,11-13,32H2,1-4H3,(H,33,41)(H,34,37)(H,38,39)(H,42,43). The number of ether oxygens (including phenoxy) is 3. The summed E-state index contributed by atoms with van der Waals surface area (Å²) in [5, 5.41) is 32.7. The number of fused-ring (bicyclic) bond motifs is 3. The van der Waals surface area contributed by atoms with Crippen molar-refractivity contribution >= 4 is 58.4 Å². The zero-order valence-electron chi connectivity index (χ0n) is 27.1. The van der Waals surface area contributed by atoms with E-state index in [1.807, 2.05) is 0 Å². The molecule has 1 aliphatic rings. The molecule has 1 aromatic carbocycles. The minimum atomic E-state index is -1.70. The fourth-order valence-corrected chi connectivity index (χ4v) is 6.02. The Morgan fingerprint density at radius 1 is 1.10 bits per heavy atom. The number of hydrogen-bond donors (Lipinski definition) is 6. The van der Waals surface area contributed by atoms with E-state index >= 15 is 0 Å². The van der Waals surface area contributed by atoms with Crippen LogP contribution in [-0.4, -0.2) is 99.0 Å². The molecule has 268 valence electrons. The molecule has 18 heteroatoms. The number of nitrogens with two attached hydrogens (primary N) is 1. The van der Waals surface area contributed by atoms with Gasteiger partial charge >= 0.3 is 29.5 Å². The summed E-state index contributed by atoms with van der Waals surface area (Å²) < 4.78 is 22.9. The van der Waals surface area contributed by atoms with E-state index < -0.39 is 95.5 Å². The minimum absolute atomic E-state index is 0.0683. The number of carboxylic acid groups (broad SMARTS) is 2. The van der Waals surface area contributed by atoms with Gasteiger partial charge in [0.1, 0.15) is 30.0 Å². The first kappa shape index (κ1) is 38.8. The minimum Gasteiger partial charge on any atom is -0.481 e. The van der Waals surface area contributed by atoms with E-state index in [0.717, 1.165) is 18.7 Å². The molecule has 0 aliphatic carbocycles. The van der Waals surface area contributed by atoms with Crippen LogP contribution in [0.25, 0.3) is 11.0 Å². The molecule has 7 N–H and O–H groups in total. The van der Waals surface area contributed by atoms with E-state index in [0.29, 0.717) is 5.39 Å². The molecule has 7 atom stereocenters. The third kappa shape index (κ3) is 9.93. The molecular formula is C31H39N3O14S. The van der Waals surface area contributed by atoms with Crippen LogP contribution >= 0.6 is 11.8 Å². The molecule has 17 nitrogen and oxygen atoms in total. The van der Waals surface area contributed by atoms with Crippen LogP contribution in [0.3, 0.4) is 0 Å². The van der Waals surface area contributed by atoms with Crippen molar-refractivity contribution in [3.8, 4) is 5.75 Å². The fourth-order valence-electron chi connectivity index (χ4n) is 4.89. The average molecular weight is 710 g/mol. The van der Waals surface area contributed by atoms with Gasteiger partial charge in [0.05, 0.1) is 18.1 Å². The second kappa shape index (κ2) is 16.6. The lowest BCUT2D eigenvalue weighted by molar-refractivity contribution is -0.186. The second-order valence-corrected chi connectivity index (χ2v) is 13.1. The van der Waals surface area contributed by atoms with Gasteiger partial charge in [0, 0.05) is 35.8 Å². The first-order chi connectivity index (χ1) is 23.0. The summed E-state index contributed by atoms with van der Waals surface area (Å²) >= 11 is 1.08. The molecule has 0 radical (unpaired) electrons. The second-order valence-electron chi connectivity index (χ2n) is 11.7. The summed E-state index contributed by atoms with van der Waals surface area (Å²) in [4.78, 5) is 85.0. The summed E-state index contributed by atoms with van der Waals surface area (Å²) in [6.07, 6.45) is -3.12. The quantitative estimate of drug-likeness (QED) is 0.0938. The molecule has 0 bridgehead atoms. The number of carbonyl (C=O) groups excluding carboxylic acids is 4. The zero-order valence-corrected chi connectivity index (χ0v) is 27.9. The van der Waals surface area contributed by atoms with Crippen LogP contribution < -0.4 is 26.7 Å². The van der Waals surface area contributed by atoms with E-state index in [2.05, 4.69) is 10.6 Å². The number of rotatable bonds is 17. The zero-order chi connectivity index (χ0) is 36.6. The lowest BCUT2D eigenvalue weighted by Crippen LogP contribution is -2.51. The lowest BCUT2D eigenvalue weighted by Gasteiger charge is -2.35. The predicted octanol–water partition coefficient (Wildman–Crippen LogP) is 0.0879. The number of aliphatic hydroxyl groups excluding tert-OH is 1. The molecule has 2 amide bonds. The van der Waals surface area contributed by atoms with E-state index in [1.54, 1.807) is 19.1 Å². The summed E-state index contributed by atoms with van der Waals surface area (Å²) in [6, 6.07) is 3.33. The Labute approximate surface area is 283 Å². The molecule has 1 aromatic heterocycles. The van der Waals surface area contributed by atoms with Crippen LogP contribution in [0.2, 0.25) is 0 Å². The number of nitrogens with one attached hydrogen (secondary N) is 2. The van der Waals surface area contributed by atoms with E-state index in [4.69, 9.17) is 34.6 Å². The number of hydrogen-bond acceptors (Lipinski definition) is 14. The van der Waals surface area contributed by atoms with Gasteiger partial charge < -0.3 is 50.3 Å². The smallest absolute Gasteiger partial charge is 0.336 e. The highest BCUT2D eigenvalue weighted by molar-refractivity contribution is 8.00. The summed E-state index contributed by atoms with van der Waals surface area (Å²) in [5.74, 6) is -6.51. The predicted molar refractivity (Wildman–Crippen MR) is 171 cm³/mol. The van der Waals surface area contributed by atoms with Gasteiger partial charge in [-0.05, 0) is 31.5 Å². The van der Waals surface area contributed by atoms with Gasteiger partial charge in [0.15, 0.2) is 17.8 Å². The van der Waals surface area contributed by atoms with Crippen LogP contribution in [0.4, 0.5) is 0 Å². The number of benzene rings is 1. The summed E-state index contributed by atoms with van der Waals surface area (Å²) in [6.45, 7) is 4.28. The lowest BCUT2D eigenvalue weighted by atomic mass is 9.92. The first-order valence-electron chi connectivity index (χ1n) is 15.1. The average Bonchev–Trinajstić information content (AvgIpc) is 3.42. The topological polar surface area (TPSA) is 271 Å². The maximum Gasteiger partial charge on any atom is 0.336 e. The van der Waals surface area contributed by atoms with Crippen LogP contribution in [0.5, 0.6) is 5.75 Å². The molecule has 0 saturated carbocycles. The van der Waals surface area contributed by atoms with Crippen LogP contribution in [0.15, 0.2) is 33.5 Å². The van der Waals surface area contributed by atoms with Crippen LogP contribution in [-0.2, 0) is 38.2 Å². The van der Waals surface area contributed by atoms with Gasteiger partial charge in [0.25, 0.3) is 0 Å². The maximum absolute atomic E-state index is 13.6. The molecule has 49 heavy (non-hydrogen) atoms. The molecule has 3 rings (SSSR count). The largest absolute Gasteiger partial charge is 0.481 e. The Hall–Kier alpha value is -4.68. The third-order valence-electron chi connectivity index (χ3n) is 7.80. The Morgan fingerprint density at radius 2 is 1.78 bits per heavy atom. The van der Waals surface area contributed by atoms with Crippen molar-refractivity contribution in [1.29, 1.82) is 0 Å². The van der Waals surface area contributed by atoms with Gasteiger partial charge in [0.2, 0.25) is 11.8 Å². The number of carbonyl (C=O) groups is 6. The first-order valence-corrected chi connectivity index (χ1v) is 16.2. The Kier molecular flexibility index (Phi) is 13.2. The van der Waals surface area contributed by atoms with Crippen molar-refractivity contribution in [2.75, 3.05) is 18.9 Å². The Morgan fingerprint density at radius 3 is 2.39 bits per heavy atom. The van der Waals surface area contributed by atoms with Gasteiger partial charge in [-0.3, -0.25) is 28.8 Å². The van der Waals surface area contributed by atoms with E-state index in [1.165, 1.54) is 26.0 Å². The molecule has 2 heterocycles. The normalized spacial score (nSPS) is 18.8. The van der Waals surface area contributed by atoms with E-state index in [9.17, 15) is 38.7 Å². The van der Waals surface area contributed by atoms with E-state index in [-0.39, 0.29) is 35.5 Å². The van der Waals surface area contributed by atoms with Crippen molar-refractivity contribution in [3.05, 3.63) is 40.2 Å². The molecule has 0 fully saturated rings. The molecule has 2 aromatic rings. The molecule has 0 saturated heterocycles. The van der Waals surface area contributed by atoms with Crippen molar-refractivity contribution in [2.24, 2.45) is 11.7 Å². The number of esters is 2. The number of aliphatic carboxylic acids is 2. The van der Waals surface area contributed by atoms with Crippen molar-refractivity contribution in [2.45, 2.75) is 75.7 Å². The Balaban J connectivity index is 1.82. The van der Waals surface area contributed by atoms with Crippen LogP contribution in [0.1, 0.15) is 52.2 Å². The molecule has 7 unspecified atom stereocenters. The monoisotopic (exact) mass is 709 g/mol. The summed E-state index contributed by atoms with van der Waals surface area (Å²) in [7, 11) is 0. The van der Waals surface area contributed by atoms with Gasteiger partial charge in [-0.1, -0.05) is 13.8 Å². The maximum atomic E-state index is 13.6. The highest BCUT2D eigenvalue weighted by Gasteiger charge is 2.52. The van der Waals surface area contributed by atoms with Crippen molar-refractivity contribution in [1.82, 2.24) is 10.6 Å². The van der Waals surface area contributed by atoms with Gasteiger partial charge in [-0.15, -0.1) is 0 Å². The fraction of sp³-hybridized carbons (Fsp3) is 0.516. The molecular weight excluding hydrogens is 670 g/mol. The highest BCUT2D eigenvalue weighted by Crippen LogP contribution is 2.47. The number of carboxylic acids is 2.